The minimum atomic E-state index is -5.94. The van der Waals surface area contributed by atoms with Crippen molar-refractivity contribution < 1.29 is 90.4 Å². The van der Waals surface area contributed by atoms with Gasteiger partial charge in [0.1, 0.15) is 42.0 Å². The van der Waals surface area contributed by atoms with Crippen molar-refractivity contribution in [3.05, 3.63) is 48.0 Å². The second-order valence-corrected chi connectivity index (χ2v) is 24.5. The lowest BCUT2D eigenvalue weighted by atomic mass is 9.83. The van der Waals surface area contributed by atoms with Gasteiger partial charge in [0.25, 0.3) is 15.6 Å². The molecule has 7 N–H and O–H groups in total. The van der Waals surface area contributed by atoms with Crippen LogP contribution in [0.1, 0.15) is 122 Å². The lowest BCUT2D eigenvalue weighted by Gasteiger charge is -2.36. The van der Waals surface area contributed by atoms with Gasteiger partial charge in [-0.25, -0.2) is 19.3 Å². The molecule has 0 radical (unpaired) electrons. The molecule has 3 aromatic rings. The van der Waals surface area contributed by atoms with Crippen LogP contribution in [-0.4, -0.2) is 109 Å². The number of phosphoric ester groups is 3. The molecule has 0 spiro atoms. The van der Waals surface area contributed by atoms with E-state index in [1.807, 2.05) is 13.8 Å². The van der Waals surface area contributed by atoms with Crippen molar-refractivity contribution in [3.8, 4) is 0 Å². The van der Waals surface area contributed by atoms with E-state index in [0.29, 0.717) is 6.42 Å². The average molecular weight is 1100 g/mol. The predicted octanol–water partition coefficient (Wildman–Crippen LogP) is 1.63. The minimum absolute atomic E-state index is 0.00325. The monoisotopic (exact) mass is 1100 g/mol. The molecule has 2 aromatic heterocycles. The third-order valence-electron chi connectivity index (χ3n) is 12.9. The molecule has 3 heterocycles. The number of benzene rings is 1. The van der Waals surface area contributed by atoms with Gasteiger partial charge in [0.2, 0.25) is 11.8 Å². The standard InChI is InChI=1S/C45H70N7O19P3/c1-43(2,24-34(55)56)16-7-5-10-29-12-9-13-30(22-29)11-6-8-17-45(18-19-45)23-31(53)14-20-47-33(54)15-21-48-41(59)38(58)44(3,4)26-68-74(65,66)71-73(63,64)67-25-32-37(70-72(60,61)62)36(57)42(69-32)52-28-51-35-39(46)49-27-50-40(35)52/h9,12-13,22,27-28,32,36-38,42,57-58H,5-8,10-11,14-21,23-26H2,1-4H3,(H,47,54)(H,48,59)(H,55,56)(H,63,64)(H,65,66)(H2,46,49,50)(H2,60,61,62)/p-4. The van der Waals surface area contributed by atoms with E-state index in [0.717, 1.165) is 81.4 Å². The largest absolute Gasteiger partial charge is 0.790 e. The quantitative estimate of drug-likeness (QED) is 0.0373. The zero-order valence-electron chi connectivity index (χ0n) is 41.7. The highest BCUT2D eigenvalue weighted by molar-refractivity contribution is 7.59. The van der Waals surface area contributed by atoms with Gasteiger partial charge in [-0.1, -0.05) is 64.8 Å². The number of carboxylic acids is 1. The molecule has 5 rings (SSSR count). The van der Waals surface area contributed by atoms with E-state index in [1.165, 1.54) is 25.0 Å². The van der Waals surface area contributed by atoms with Crippen LogP contribution in [-0.2, 0) is 68.3 Å². The predicted molar refractivity (Wildman–Crippen MR) is 254 cm³/mol. The summed E-state index contributed by atoms with van der Waals surface area (Å²) in [5, 5.41) is 35.6. The number of anilines is 1. The Morgan fingerprint density at radius 2 is 1.58 bits per heavy atom. The van der Waals surface area contributed by atoms with E-state index in [4.69, 9.17) is 15.6 Å². The Morgan fingerprint density at radius 1 is 0.932 bits per heavy atom. The molecular formula is C45H66N7O19P3-4. The topological polar surface area (TPSA) is 412 Å². The number of Topliss-reactive ketones (excluding diaryl/α,β-unsaturated/α-hetero) is 1. The fourth-order valence-electron chi connectivity index (χ4n) is 8.66. The molecule has 414 valence electrons. The van der Waals surface area contributed by atoms with Crippen molar-refractivity contribution in [2.45, 2.75) is 148 Å². The van der Waals surface area contributed by atoms with Crippen LogP contribution in [0.4, 0.5) is 5.82 Å². The van der Waals surface area contributed by atoms with Gasteiger partial charge in [0.15, 0.2) is 17.7 Å². The Hall–Kier alpha value is -4.10. The van der Waals surface area contributed by atoms with Crippen LogP contribution in [0.3, 0.4) is 0 Å². The Kier molecular flexibility index (Phi) is 21.2. The number of nitrogens with zero attached hydrogens (tertiary/aromatic N) is 4. The number of carbonyl (C=O) groups is 4. The fraction of sp³-hybridized carbons (Fsp3) is 0.667. The molecule has 2 aliphatic rings. The summed E-state index contributed by atoms with van der Waals surface area (Å²) in [5.74, 6) is -2.31. The summed E-state index contributed by atoms with van der Waals surface area (Å²) in [6.45, 7) is 3.95. The first kappa shape index (κ1) is 60.8. The smallest absolute Gasteiger partial charge is 0.303 e. The first-order valence-corrected chi connectivity index (χ1v) is 28.5. The first-order valence-electron chi connectivity index (χ1n) is 24.1. The molecule has 29 heteroatoms. The van der Waals surface area contributed by atoms with Crippen molar-refractivity contribution >= 4 is 64.0 Å². The van der Waals surface area contributed by atoms with E-state index < -0.39 is 90.5 Å². The van der Waals surface area contributed by atoms with Gasteiger partial charge in [-0.2, -0.15) is 0 Å². The molecule has 1 aliphatic carbocycles. The van der Waals surface area contributed by atoms with Gasteiger partial charge in [-0.05, 0) is 73.3 Å². The Balaban J connectivity index is 0.956. The van der Waals surface area contributed by atoms with Crippen LogP contribution in [0.15, 0.2) is 36.9 Å². The fourth-order valence-corrected chi connectivity index (χ4v) is 11.4. The Bertz CT molecular complexity index is 2570. The van der Waals surface area contributed by atoms with E-state index in [1.54, 1.807) is 0 Å². The van der Waals surface area contributed by atoms with Crippen LogP contribution in [0.2, 0.25) is 0 Å². The molecule has 1 aliphatic heterocycles. The van der Waals surface area contributed by atoms with Crippen molar-refractivity contribution in [2.75, 3.05) is 32.0 Å². The summed E-state index contributed by atoms with van der Waals surface area (Å²) >= 11 is 0. The highest BCUT2D eigenvalue weighted by atomic mass is 31.3. The number of ketones is 1. The number of aryl methyl sites for hydroxylation is 2. The Labute approximate surface area is 428 Å². The van der Waals surface area contributed by atoms with Gasteiger partial charge in [0.05, 0.1) is 33.8 Å². The van der Waals surface area contributed by atoms with E-state index in [-0.39, 0.29) is 65.9 Å². The van der Waals surface area contributed by atoms with Crippen molar-refractivity contribution in [1.82, 2.24) is 30.2 Å². The third kappa shape index (κ3) is 19.2. The summed E-state index contributed by atoms with van der Waals surface area (Å²) in [7, 11) is -17.7. The molecule has 0 bridgehead atoms. The number of aliphatic hydroxyl groups excluding tert-OH is 2. The van der Waals surface area contributed by atoms with E-state index >= 15 is 0 Å². The van der Waals surface area contributed by atoms with E-state index in [2.05, 4.69) is 67.7 Å². The average Bonchev–Trinajstić information content (AvgIpc) is 3.80. The molecule has 26 nitrogen and oxygen atoms in total. The number of rotatable bonds is 33. The number of ether oxygens (including phenoxy) is 1. The first-order chi connectivity index (χ1) is 34.5. The number of amides is 2. The number of carbonyl (C=O) groups excluding carboxylic acids is 3. The summed E-state index contributed by atoms with van der Waals surface area (Å²) in [4.78, 5) is 109. The number of nitrogens with one attached hydrogen (secondary N) is 2. The molecule has 2 amide bonds. The number of nitrogens with two attached hydrogens (primary N) is 1. The van der Waals surface area contributed by atoms with Crippen LogP contribution in [0.25, 0.3) is 11.2 Å². The van der Waals surface area contributed by atoms with Crippen molar-refractivity contribution in [2.24, 2.45) is 16.2 Å². The molecule has 74 heavy (non-hydrogen) atoms. The van der Waals surface area contributed by atoms with Crippen molar-refractivity contribution in [3.63, 3.8) is 0 Å². The molecule has 1 aromatic carbocycles. The maximum absolute atomic E-state index is 12.9. The third-order valence-corrected chi connectivity index (χ3v) is 15.9. The van der Waals surface area contributed by atoms with Gasteiger partial charge < -0.3 is 74.1 Å². The Morgan fingerprint density at radius 3 is 2.23 bits per heavy atom. The molecule has 7 atom stereocenters. The maximum atomic E-state index is 12.9. The number of nitrogen functional groups attached to an aromatic ring is 1. The number of unbranched alkanes of at least 4 members (excludes halogenated alkanes) is 2. The van der Waals surface area contributed by atoms with E-state index in [9.17, 15) is 62.7 Å². The van der Waals surface area contributed by atoms with Crippen LogP contribution in [0, 0.1) is 16.2 Å². The number of aliphatic hydroxyl groups is 2. The molecular weight excluding hydrogens is 1040 g/mol. The summed E-state index contributed by atoms with van der Waals surface area (Å²) < 4.78 is 61.0. The number of hydrogen-bond donors (Lipinski definition) is 6. The SMILES string of the molecule is CC(C)(CCCCc1cccc(CCCCC2(CC(=O)CCNC(=O)CCNC(=O)C(O)C(C)(C)COP(=O)([O-])OP(=O)([O-])OCC3OC(n4cnc5c(N)ncnc54)C(O)C3OP(=O)([O-])[O-])CC2)c1)CC(=O)O. The minimum Gasteiger partial charge on any atom is -0.790 e. The second-order valence-electron chi connectivity index (χ2n) is 20.4. The normalized spacial score (nSPS) is 20.9. The zero-order chi connectivity index (χ0) is 54.7. The molecule has 1 saturated heterocycles. The molecule has 1 saturated carbocycles. The van der Waals surface area contributed by atoms with Crippen LogP contribution in [0.5, 0.6) is 0 Å². The number of fused-ring (bicyclic) bond motifs is 1. The molecule has 7 unspecified atom stereocenters. The summed E-state index contributed by atoms with van der Waals surface area (Å²) in [6, 6.07) is 8.57. The molecule has 2 fully saturated rings. The second kappa shape index (κ2) is 25.8. The number of aliphatic carboxylic acids is 1. The lowest BCUT2D eigenvalue weighted by Crippen LogP contribution is -2.46. The number of imidazole rings is 1. The van der Waals surface area contributed by atoms with Crippen molar-refractivity contribution in [1.29, 1.82) is 0 Å². The van der Waals surface area contributed by atoms with Crippen LogP contribution < -0.4 is 35.9 Å². The number of phosphoric acid groups is 3. The van der Waals surface area contributed by atoms with Gasteiger partial charge in [0, 0.05) is 37.8 Å². The summed E-state index contributed by atoms with van der Waals surface area (Å²) in [6.07, 6.45) is 2.67. The van der Waals surface area contributed by atoms with Gasteiger partial charge in [-0.15, -0.1) is 0 Å². The number of aromatic nitrogens is 4. The van der Waals surface area contributed by atoms with Gasteiger partial charge in [-0.3, -0.25) is 32.9 Å². The van der Waals surface area contributed by atoms with Gasteiger partial charge >= 0.3 is 5.97 Å². The van der Waals surface area contributed by atoms with Crippen LogP contribution >= 0.6 is 23.5 Å². The lowest BCUT2D eigenvalue weighted by molar-refractivity contribution is -0.347. The zero-order valence-corrected chi connectivity index (χ0v) is 44.3. The highest BCUT2D eigenvalue weighted by Crippen LogP contribution is 2.57. The number of hydrogen-bond acceptors (Lipinski definition) is 22. The maximum Gasteiger partial charge on any atom is 0.303 e. The number of carboxylic acid groups (broad SMARTS) is 1. The highest BCUT2D eigenvalue weighted by Gasteiger charge is 2.48. The summed E-state index contributed by atoms with van der Waals surface area (Å²) in [5.41, 5.74) is 6.39.